The van der Waals surface area contributed by atoms with E-state index in [9.17, 15) is 4.39 Å². The molecule has 2 heteroatoms. The molecular formula is C17H36FN. The van der Waals surface area contributed by atoms with Crippen LogP contribution in [0.5, 0.6) is 0 Å². The monoisotopic (exact) mass is 273 g/mol. The van der Waals surface area contributed by atoms with Crippen LogP contribution in [0.2, 0.25) is 0 Å². The summed E-state index contributed by atoms with van der Waals surface area (Å²) in [6.45, 7) is 6.26. The summed E-state index contributed by atoms with van der Waals surface area (Å²) in [5.41, 5.74) is 0. The van der Waals surface area contributed by atoms with E-state index in [2.05, 4.69) is 19.2 Å². The fourth-order valence-corrected chi connectivity index (χ4v) is 2.34. The maximum Gasteiger partial charge on any atom is 0.158 e. The number of unbranched alkanes of at least 4 members (excludes halogenated alkanes) is 7. The van der Waals surface area contributed by atoms with Crippen molar-refractivity contribution >= 4 is 0 Å². The van der Waals surface area contributed by atoms with Gasteiger partial charge in [0.05, 0.1) is 0 Å². The van der Waals surface area contributed by atoms with Crippen LogP contribution in [-0.4, -0.2) is 12.8 Å². The van der Waals surface area contributed by atoms with Crippen LogP contribution in [0.25, 0.3) is 0 Å². The Morgan fingerprint density at radius 3 is 1.89 bits per heavy atom. The summed E-state index contributed by atoms with van der Waals surface area (Å²) in [6.07, 6.45) is 13.7. The minimum atomic E-state index is -1.17. The molecule has 1 N–H and O–H groups in total. The molecule has 2 unspecified atom stereocenters. The molecule has 0 rings (SSSR count). The summed E-state index contributed by atoms with van der Waals surface area (Å²) >= 11 is 0. The standard InChI is InChI=1S/C17H36FN/c1-5-16(2)14-12-10-8-6-7-9-11-13-15-17(3,18)19-4/h16,19H,5-15H2,1-4H3. The summed E-state index contributed by atoms with van der Waals surface area (Å²) in [4.78, 5) is 0. The molecule has 1 nitrogen and oxygen atoms in total. The SMILES string of the molecule is CCC(C)CCCCCCCCCCC(C)(F)NC. The normalized spacial score (nSPS) is 16.3. The Balaban J connectivity index is 3.15. The van der Waals surface area contributed by atoms with E-state index in [-0.39, 0.29) is 0 Å². The predicted octanol–water partition coefficient (Wildman–Crippen LogP) is 5.84. The molecule has 0 heterocycles. The van der Waals surface area contributed by atoms with Gasteiger partial charge in [-0.1, -0.05) is 71.6 Å². The van der Waals surface area contributed by atoms with Crippen LogP contribution in [-0.2, 0) is 0 Å². The average molecular weight is 273 g/mol. The summed E-state index contributed by atoms with van der Waals surface area (Å²) in [5.74, 6) is -0.266. The number of halogens is 1. The first-order valence-corrected chi connectivity index (χ1v) is 8.39. The fourth-order valence-electron chi connectivity index (χ4n) is 2.34. The zero-order chi connectivity index (χ0) is 14.6. The Morgan fingerprint density at radius 1 is 0.947 bits per heavy atom. The van der Waals surface area contributed by atoms with Gasteiger partial charge in [0.1, 0.15) is 0 Å². The van der Waals surface area contributed by atoms with Crippen LogP contribution >= 0.6 is 0 Å². The van der Waals surface area contributed by atoms with Crippen molar-refractivity contribution in [3.8, 4) is 0 Å². The van der Waals surface area contributed by atoms with Gasteiger partial charge < -0.3 is 0 Å². The lowest BCUT2D eigenvalue weighted by atomic mass is 9.99. The maximum atomic E-state index is 13.5. The van der Waals surface area contributed by atoms with Crippen LogP contribution in [0.4, 0.5) is 4.39 Å². The van der Waals surface area contributed by atoms with Gasteiger partial charge >= 0.3 is 0 Å². The molecule has 0 aromatic heterocycles. The first-order chi connectivity index (χ1) is 9.02. The Kier molecular flexibility index (Phi) is 11.6. The van der Waals surface area contributed by atoms with Gasteiger partial charge in [-0.3, -0.25) is 5.32 Å². The van der Waals surface area contributed by atoms with E-state index in [0.29, 0.717) is 6.42 Å². The third-order valence-corrected chi connectivity index (χ3v) is 4.31. The molecule has 0 bridgehead atoms. The molecule has 0 amide bonds. The van der Waals surface area contributed by atoms with Gasteiger partial charge in [0, 0.05) is 0 Å². The van der Waals surface area contributed by atoms with Gasteiger partial charge in [-0.15, -0.1) is 0 Å². The molecule has 0 radical (unpaired) electrons. The topological polar surface area (TPSA) is 12.0 Å². The molecule has 0 aliphatic carbocycles. The lowest BCUT2D eigenvalue weighted by Gasteiger charge is -2.18. The molecule has 0 saturated heterocycles. The van der Waals surface area contributed by atoms with Crippen molar-refractivity contribution in [1.29, 1.82) is 0 Å². The molecule has 0 saturated carbocycles. The number of nitrogens with one attached hydrogen (secondary N) is 1. The molecule has 2 atom stereocenters. The second-order valence-electron chi connectivity index (χ2n) is 6.33. The second kappa shape index (κ2) is 11.7. The van der Waals surface area contributed by atoms with Crippen molar-refractivity contribution in [1.82, 2.24) is 5.32 Å². The predicted molar refractivity (Wildman–Crippen MR) is 84.2 cm³/mol. The number of hydrogen-bond acceptors (Lipinski definition) is 1. The summed E-state index contributed by atoms with van der Waals surface area (Å²) < 4.78 is 13.5. The van der Waals surface area contributed by atoms with Gasteiger partial charge in [0.25, 0.3) is 0 Å². The minimum absolute atomic E-state index is 0.637. The highest BCUT2D eigenvalue weighted by Gasteiger charge is 2.18. The highest BCUT2D eigenvalue weighted by Crippen LogP contribution is 2.18. The maximum absolute atomic E-state index is 13.5. The zero-order valence-corrected chi connectivity index (χ0v) is 13.7. The molecule has 0 spiro atoms. The van der Waals surface area contributed by atoms with E-state index in [1.807, 2.05) is 0 Å². The Labute approximate surface area is 120 Å². The molecule has 19 heavy (non-hydrogen) atoms. The lowest BCUT2D eigenvalue weighted by Crippen LogP contribution is -2.34. The van der Waals surface area contributed by atoms with Gasteiger partial charge in [0.15, 0.2) is 5.79 Å². The summed E-state index contributed by atoms with van der Waals surface area (Å²) in [7, 11) is 1.69. The Hall–Kier alpha value is -0.110. The fraction of sp³-hybridized carbons (Fsp3) is 1.00. The second-order valence-corrected chi connectivity index (χ2v) is 6.33. The number of alkyl halides is 1. The zero-order valence-electron chi connectivity index (χ0n) is 13.7. The van der Waals surface area contributed by atoms with Crippen molar-refractivity contribution in [2.75, 3.05) is 7.05 Å². The largest absolute Gasteiger partial charge is 0.289 e. The van der Waals surface area contributed by atoms with Crippen molar-refractivity contribution in [3.63, 3.8) is 0 Å². The van der Waals surface area contributed by atoms with E-state index in [0.717, 1.165) is 12.3 Å². The average Bonchev–Trinajstić information content (AvgIpc) is 2.40. The van der Waals surface area contributed by atoms with Crippen LogP contribution in [0.15, 0.2) is 0 Å². The third kappa shape index (κ3) is 12.7. The van der Waals surface area contributed by atoms with E-state index in [1.54, 1.807) is 14.0 Å². The van der Waals surface area contributed by atoms with Gasteiger partial charge in [0.2, 0.25) is 0 Å². The van der Waals surface area contributed by atoms with Crippen molar-refractivity contribution < 1.29 is 4.39 Å². The molecular weight excluding hydrogens is 237 g/mol. The van der Waals surface area contributed by atoms with E-state index in [4.69, 9.17) is 0 Å². The molecule has 0 fully saturated rings. The Morgan fingerprint density at radius 2 is 1.42 bits per heavy atom. The molecule has 0 aliphatic rings. The first kappa shape index (κ1) is 18.9. The van der Waals surface area contributed by atoms with Crippen molar-refractivity contribution in [3.05, 3.63) is 0 Å². The summed E-state index contributed by atoms with van der Waals surface area (Å²) in [6, 6.07) is 0. The minimum Gasteiger partial charge on any atom is -0.289 e. The van der Waals surface area contributed by atoms with E-state index < -0.39 is 5.79 Å². The van der Waals surface area contributed by atoms with Gasteiger partial charge in [-0.05, 0) is 32.7 Å². The van der Waals surface area contributed by atoms with Crippen LogP contribution in [0.1, 0.15) is 91.4 Å². The summed E-state index contributed by atoms with van der Waals surface area (Å²) in [5, 5.41) is 2.71. The van der Waals surface area contributed by atoms with Gasteiger partial charge in [-0.25, -0.2) is 4.39 Å². The quantitative estimate of drug-likeness (QED) is 0.328. The van der Waals surface area contributed by atoms with E-state index in [1.165, 1.54) is 57.8 Å². The third-order valence-electron chi connectivity index (χ3n) is 4.31. The Bertz CT molecular complexity index is 192. The molecule has 0 aliphatic heterocycles. The highest BCUT2D eigenvalue weighted by molar-refractivity contribution is 4.67. The lowest BCUT2D eigenvalue weighted by molar-refractivity contribution is 0.134. The molecule has 0 aromatic carbocycles. The first-order valence-electron chi connectivity index (χ1n) is 8.39. The van der Waals surface area contributed by atoms with Gasteiger partial charge in [-0.2, -0.15) is 0 Å². The van der Waals surface area contributed by atoms with Crippen LogP contribution in [0, 0.1) is 5.92 Å². The van der Waals surface area contributed by atoms with E-state index >= 15 is 0 Å². The van der Waals surface area contributed by atoms with Crippen molar-refractivity contribution in [2.45, 2.75) is 97.2 Å². The van der Waals surface area contributed by atoms with Crippen molar-refractivity contribution in [2.24, 2.45) is 5.92 Å². The smallest absolute Gasteiger partial charge is 0.158 e. The number of rotatable bonds is 13. The molecule has 116 valence electrons. The van der Waals surface area contributed by atoms with Crippen LogP contribution < -0.4 is 5.32 Å². The van der Waals surface area contributed by atoms with Crippen LogP contribution in [0.3, 0.4) is 0 Å². The molecule has 0 aromatic rings. The highest BCUT2D eigenvalue weighted by atomic mass is 19.1. The number of hydrogen-bond donors (Lipinski definition) is 1.